The van der Waals surface area contributed by atoms with Crippen LogP contribution in [-0.2, 0) is 0 Å². The summed E-state index contributed by atoms with van der Waals surface area (Å²) in [6.07, 6.45) is 3.64. The highest BCUT2D eigenvalue weighted by Gasteiger charge is 2.31. The second-order valence-electron chi connectivity index (χ2n) is 16.6. The van der Waals surface area contributed by atoms with Crippen LogP contribution in [0.4, 0.5) is 0 Å². The summed E-state index contributed by atoms with van der Waals surface area (Å²) in [5.41, 5.74) is 16.8. The van der Waals surface area contributed by atoms with Crippen LogP contribution in [0.5, 0.6) is 0 Å². The summed E-state index contributed by atoms with van der Waals surface area (Å²) in [6, 6.07) is 63.3. The molecule has 2 nitrogen and oxygen atoms in total. The molecule has 2 heterocycles. The largest absolute Gasteiger partial charge is 0.464 e. The van der Waals surface area contributed by atoms with E-state index in [1.807, 2.05) is 12.5 Å². The lowest BCUT2D eigenvalue weighted by atomic mass is 9.83. The van der Waals surface area contributed by atoms with Gasteiger partial charge in [0.2, 0.25) is 0 Å². The third kappa shape index (κ3) is 3.76. The van der Waals surface area contributed by atoms with E-state index in [1.165, 1.54) is 120 Å². The van der Waals surface area contributed by atoms with Crippen molar-refractivity contribution in [2.45, 2.75) is 0 Å². The van der Waals surface area contributed by atoms with Gasteiger partial charge < -0.3 is 8.83 Å². The fourth-order valence-corrected chi connectivity index (χ4v) is 11.5. The quantitative estimate of drug-likeness (QED) is 0.164. The molecule has 0 aliphatic heterocycles. The molecule has 0 spiro atoms. The van der Waals surface area contributed by atoms with E-state index in [0.29, 0.717) is 0 Å². The molecular formula is C58H30O2. The van der Waals surface area contributed by atoms with Crippen molar-refractivity contribution in [3.63, 3.8) is 0 Å². The first kappa shape index (κ1) is 31.1. The van der Waals surface area contributed by atoms with Crippen LogP contribution in [0.1, 0.15) is 0 Å². The molecule has 2 aromatic heterocycles. The summed E-state index contributed by atoms with van der Waals surface area (Å²) in [5, 5.41) is 17.3. The fraction of sp³-hybridized carbons (Fsp3) is 0. The minimum Gasteiger partial charge on any atom is -0.464 e. The lowest BCUT2D eigenvalue weighted by Gasteiger charge is -2.19. The van der Waals surface area contributed by atoms with Gasteiger partial charge in [-0.15, -0.1) is 0 Å². The van der Waals surface area contributed by atoms with Gasteiger partial charge in [-0.2, -0.15) is 0 Å². The van der Waals surface area contributed by atoms with Crippen molar-refractivity contribution < 1.29 is 8.83 Å². The molecule has 0 amide bonds. The summed E-state index contributed by atoms with van der Waals surface area (Å²) < 4.78 is 12.6. The maximum absolute atomic E-state index is 6.34. The van der Waals surface area contributed by atoms with Crippen LogP contribution in [0.3, 0.4) is 0 Å². The Labute approximate surface area is 343 Å². The summed E-state index contributed by atoms with van der Waals surface area (Å²) in [6.45, 7) is 0. The average Bonchev–Trinajstić information content (AvgIpc) is 4.11. The highest BCUT2D eigenvalue weighted by atomic mass is 16.3. The van der Waals surface area contributed by atoms with Gasteiger partial charge in [0.1, 0.15) is 11.2 Å². The molecule has 15 rings (SSSR count). The van der Waals surface area contributed by atoms with E-state index in [1.54, 1.807) is 0 Å². The van der Waals surface area contributed by atoms with Gasteiger partial charge in [-0.05, 0) is 139 Å². The average molecular weight is 759 g/mol. The van der Waals surface area contributed by atoms with Gasteiger partial charge in [0.05, 0.1) is 12.5 Å². The molecule has 0 bridgehead atoms. The molecule has 0 unspecified atom stereocenters. The monoisotopic (exact) mass is 758 g/mol. The van der Waals surface area contributed by atoms with Crippen LogP contribution in [0.2, 0.25) is 0 Å². The smallest absolute Gasteiger partial charge is 0.141 e. The number of para-hydroxylation sites is 2. The van der Waals surface area contributed by atoms with E-state index in [0.717, 1.165) is 33.1 Å². The van der Waals surface area contributed by atoms with Crippen LogP contribution in [0, 0.1) is 0 Å². The molecule has 0 N–H and O–H groups in total. The van der Waals surface area contributed by atoms with Crippen molar-refractivity contribution >= 4 is 86.6 Å². The summed E-state index contributed by atoms with van der Waals surface area (Å²) >= 11 is 0. The minimum atomic E-state index is 0.917. The second kappa shape index (κ2) is 11.0. The van der Waals surface area contributed by atoms with Crippen LogP contribution < -0.4 is 0 Å². The van der Waals surface area contributed by atoms with Gasteiger partial charge in [0.15, 0.2) is 0 Å². The normalized spacial score (nSPS) is 12.7. The SMILES string of the molecule is c1cc(-c2c3c(cc4c2ccc2c5cc6c(c(-c7cccc8ccoc78)c5ccc42)-c2cc4ccccc4c4cccc-6c24)-c2cccc4cccc-3c24)c2occc2c1. The zero-order chi connectivity index (χ0) is 38.8. The van der Waals surface area contributed by atoms with Gasteiger partial charge >= 0.3 is 0 Å². The summed E-state index contributed by atoms with van der Waals surface area (Å²) in [4.78, 5) is 0. The van der Waals surface area contributed by atoms with Gasteiger partial charge in [-0.3, -0.25) is 0 Å². The minimum absolute atomic E-state index is 0.917. The summed E-state index contributed by atoms with van der Waals surface area (Å²) in [7, 11) is 0. The van der Waals surface area contributed by atoms with Crippen LogP contribution in [0.15, 0.2) is 191 Å². The molecule has 274 valence electrons. The van der Waals surface area contributed by atoms with E-state index < -0.39 is 0 Å². The van der Waals surface area contributed by atoms with E-state index in [4.69, 9.17) is 8.83 Å². The molecular weight excluding hydrogens is 729 g/mol. The lowest BCUT2D eigenvalue weighted by Crippen LogP contribution is -1.93. The first-order valence-electron chi connectivity index (χ1n) is 20.7. The van der Waals surface area contributed by atoms with Crippen molar-refractivity contribution in [3.05, 3.63) is 182 Å². The maximum Gasteiger partial charge on any atom is 0.141 e. The highest BCUT2D eigenvalue weighted by Crippen LogP contribution is 2.58. The number of hydrogen-bond acceptors (Lipinski definition) is 2. The van der Waals surface area contributed by atoms with Gasteiger partial charge in [0, 0.05) is 33.0 Å². The lowest BCUT2D eigenvalue weighted by molar-refractivity contribution is 0.616. The third-order valence-electron chi connectivity index (χ3n) is 13.8. The molecule has 11 aromatic carbocycles. The van der Waals surface area contributed by atoms with E-state index in [-0.39, 0.29) is 0 Å². The molecule has 60 heavy (non-hydrogen) atoms. The van der Waals surface area contributed by atoms with Crippen molar-refractivity contribution in [2.24, 2.45) is 0 Å². The molecule has 2 heteroatoms. The number of fused-ring (bicyclic) bond motifs is 15. The molecule has 2 aliphatic carbocycles. The van der Waals surface area contributed by atoms with Crippen LogP contribution >= 0.6 is 0 Å². The predicted molar refractivity (Wildman–Crippen MR) is 251 cm³/mol. The van der Waals surface area contributed by atoms with E-state index >= 15 is 0 Å². The Balaban J connectivity index is 1.11. The molecule has 2 aliphatic rings. The molecule has 0 radical (unpaired) electrons. The Kier molecular flexibility index (Phi) is 5.68. The van der Waals surface area contributed by atoms with E-state index in [2.05, 4.69) is 170 Å². The summed E-state index contributed by atoms with van der Waals surface area (Å²) in [5.74, 6) is 0. The Hall–Kier alpha value is -7.94. The zero-order valence-electron chi connectivity index (χ0n) is 32.1. The Morgan fingerprint density at radius 3 is 1.37 bits per heavy atom. The molecule has 0 saturated heterocycles. The number of furan rings is 2. The van der Waals surface area contributed by atoms with Crippen LogP contribution in [0.25, 0.3) is 153 Å². The third-order valence-corrected chi connectivity index (χ3v) is 13.8. The van der Waals surface area contributed by atoms with Crippen molar-refractivity contribution in [1.82, 2.24) is 0 Å². The highest BCUT2D eigenvalue weighted by molar-refractivity contribution is 6.32. The predicted octanol–water partition coefficient (Wildman–Crippen LogP) is 16.7. The van der Waals surface area contributed by atoms with Gasteiger partial charge in [-0.25, -0.2) is 0 Å². The number of rotatable bonds is 2. The van der Waals surface area contributed by atoms with Crippen molar-refractivity contribution in [1.29, 1.82) is 0 Å². The molecule has 0 atom stereocenters. The Morgan fingerprint density at radius 1 is 0.233 bits per heavy atom. The van der Waals surface area contributed by atoms with Gasteiger partial charge in [-0.1, -0.05) is 140 Å². The fourth-order valence-electron chi connectivity index (χ4n) is 11.5. The Bertz CT molecular complexity index is 4110. The maximum atomic E-state index is 6.34. The standard InChI is InChI=1S/C58H30O2/c1-2-13-35-34(8-1)28-50-52-38(35)15-7-16-40(52)49-30-47-37-20-22-41-46(36(37)21-23-42(47)54(56(49)50)45-19-6-12-33-25-27-60-58(33)45)29-48-39-14-3-9-31-10-4-17-43(51(31)39)55(48)53(41)44-18-5-11-32-24-26-59-57(32)44/h1-30H. The molecule has 13 aromatic rings. The zero-order valence-corrected chi connectivity index (χ0v) is 32.1. The molecule has 0 saturated carbocycles. The Morgan fingerprint density at radius 2 is 0.717 bits per heavy atom. The number of benzene rings is 11. The first-order valence-corrected chi connectivity index (χ1v) is 20.7. The molecule has 0 fully saturated rings. The van der Waals surface area contributed by atoms with Gasteiger partial charge in [0.25, 0.3) is 0 Å². The topological polar surface area (TPSA) is 26.3 Å². The second-order valence-corrected chi connectivity index (χ2v) is 16.6. The first-order chi connectivity index (χ1) is 29.8. The van der Waals surface area contributed by atoms with Crippen molar-refractivity contribution in [2.75, 3.05) is 0 Å². The number of hydrogen-bond donors (Lipinski definition) is 0. The van der Waals surface area contributed by atoms with Crippen LogP contribution in [-0.4, -0.2) is 0 Å². The van der Waals surface area contributed by atoms with E-state index in [9.17, 15) is 0 Å². The van der Waals surface area contributed by atoms with Crippen molar-refractivity contribution in [3.8, 4) is 66.8 Å².